The van der Waals surface area contributed by atoms with E-state index in [4.69, 9.17) is 0 Å². The van der Waals surface area contributed by atoms with E-state index in [2.05, 4.69) is 46.8 Å². The van der Waals surface area contributed by atoms with E-state index in [1.807, 2.05) is 0 Å². The van der Waals surface area contributed by atoms with Gasteiger partial charge in [0.2, 0.25) is 0 Å². The maximum atomic E-state index is 10.3. The highest BCUT2D eigenvalue weighted by atomic mass is 16.3. The van der Waals surface area contributed by atoms with Gasteiger partial charge in [-0.25, -0.2) is 0 Å². The fraction of sp³-hybridized carbons (Fsp3) is 0.895. The van der Waals surface area contributed by atoms with Crippen LogP contribution in [0.2, 0.25) is 0 Å². The third kappa shape index (κ3) is 2.98. The van der Waals surface area contributed by atoms with Gasteiger partial charge in [-0.3, -0.25) is 0 Å². The zero-order valence-electron chi connectivity index (χ0n) is 14.1. The number of hydrogen-bond donors (Lipinski definition) is 1. The minimum atomic E-state index is -0.0375. The number of rotatable bonds is 4. The summed E-state index contributed by atoms with van der Waals surface area (Å²) >= 11 is 0. The lowest BCUT2D eigenvalue weighted by Crippen LogP contribution is -2.41. The van der Waals surface area contributed by atoms with Gasteiger partial charge < -0.3 is 5.11 Å². The molecule has 0 aromatic rings. The summed E-state index contributed by atoms with van der Waals surface area (Å²) in [6, 6.07) is 0. The SMILES string of the molecule is CC(C)C(C)/C=C/C(C)C1CCC2C(O)CCCC12C. The molecule has 0 aromatic heterocycles. The van der Waals surface area contributed by atoms with Gasteiger partial charge in [0, 0.05) is 0 Å². The number of fused-ring (bicyclic) bond motifs is 1. The summed E-state index contributed by atoms with van der Waals surface area (Å²) in [6.07, 6.45) is 10.9. The molecule has 20 heavy (non-hydrogen) atoms. The maximum absolute atomic E-state index is 10.3. The van der Waals surface area contributed by atoms with Crippen LogP contribution in [0.1, 0.15) is 66.7 Å². The Hall–Kier alpha value is -0.300. The second-order valence-corrected chi connectivity index (χ2v) is 8.10. The van der Waals surface area contributed by atoms with Crippen LogP contribution in [0.5, 0.6) is 0 Å². The normalized spacial score (nSPS) is 41.0. The highest BCUT2D eigenvalue weighted by Crippen LogP contribution is 2.57. The van der Waals surface area contributed by atoms with Crippen molar-refractivity contribution in [3.63, 3.8) is 0 Å². The van der Waals surface area contributed by atoms with Crippen molar-refractivity contribution in [2.24, 2.45) is 35.0 Å². The molecule has 0 radical (unpaired) electrons. The van der Waals surface area contributed by atoms with E-state index in [0.717, 1.165) is 18.3 Å². The monoisotopic (exact) mass is 278 g/mol. The number of hydrogen-bond acceptors (Lipinski definition) is 1. The largest absolute Gasteiger partial charge is 0.393 e. The first-order valence-corrected chi connectivity index (χ1v) is 8.72. The molecule has 2 aliphatic rings. The van der Waals surface area contributed by atoms with Crippen molar-refractivity contribution in [3.8, 4) is 0 Å². The van der Waals surface area contributed by atoms with Crippen LogP contribution in [0.25, 0.3) is 0 Å². The van der Waals surface area contributed by atoms with E-state index in [9.17, 15) is 5.11 Å². The Balaban J connectivity index is 2.05. The van der Waals surface area contributed by atoms with Crippen LogP contribution < -0.4 is 0 Å². The molecule has 1 heteroatoms. The van der Waals surface area contributed by atoms with Crippen molar-refractivity contribution in [1.29, 1.82) is 0 Å². The summed E-state index contributed by atoms with van der Waals surface area (Å²) in [4.78, 5) is 0. The topological polar surface area (TPSA) is 20.2 Å². The average Bonchev–Trinajstić information content (AvgIpc) is 2.74. The Kier molecular flexibility index (Phi) is 5.00. The predicted octanol–water partition coefficient (Wildman–Crippen LogP) is 5.05. The second kappa shape index (κ2) is 6.22. The summed E-state index contributed by atoms with van der Waals surface area (Å²) in [7, 11) is 0. The first kappa shape index (κ1) is 16.1. The highest BCUT2D eigenvalue weighted by molar-refractivity contribution is 5.05. The zero-order valence-corrected chi connectivity index (χ0v) is 14.1. The van der Waals surface area contributed by atoms with Crippen molar-refractivity contribution >= 4 is 0 Å². The first-order valence-electron chi connectivity index (χ1n) is 8.72. The van der Waals surface area contributed by atoms with Gasteiger partial charge >= 0.3 is 0 Å². The Morgan fingerprint density at radius 3 is 2.40 bits per heavy atom. The van der Waals surface area contributed by atoms with Gasteiger partial charge in [-0.2, -0.15) is 0 Å². The van der Waals surface area contributed by atoms with E-state index >= 15 is 0 Å². The summed E-state index contributed by atoms with van der Waals surface area (Å²) < 4.78 is 0. The number of allylic oxidation sites excluding steroid dienone is 2. The predicted molar refractivity (Wildman–Crippen MR) is 86.5 cm³/mol. The van der Waals surface area contributed by atoms with Gasteiger partial charge in [0.15, 0.2) is 0 Å². The van der Waals surface area contributed by atoms with Crippen LogP contribution in [-0.4, -0.2) is 11.2 Å². The van der Waals surface area contributed by atoms with Crippen LogP contribution in [-0.2, 0) is 0 Å². The molecule has 0 bridgehead atoms. The molecule has 0 aromatic carbocycles. The van der Waals surface area contributed by atoms with Gasteiger partial charge in [0.1, 0.15) is 0 Å². The lowest BCUT2D eigenvalue weighted by molar-refractivity contribution is -0.0231. The molecular formula is C19H34O. The van der Waals surface area contributed by atoms with E-state index in [1.54, 1.807) is 0 Å². The van der Waals surface area contributed by atoms with E-state index in [1.165, 1.54) is 25.7 Å². The summed E-state index contributed by atoms with van der Waals surface area (Å²) in [5.41, 5.74) is 0.377. The third-order valence-corrected chi connectivity index (χ3v) is 6.57. The molecule has 0 saturated heterocycles. The summed E-state index contributed by atoms with van der Waals surface area (Å²) in [6.45, 7) is 11.8. The molecule has 0 amide bonds. The van der Waals surface area contributed by atoms with Crippen molar-refractivity contribution in [2.45, 2.75) is 72.8 Å². The van der Waals surface area contributed by atoms with Crippen molar-refractivity contribution in [1.82, 2.24) is 0 Å². The maximum Gasteiger partial charge on any atom is 0.0573 e. The van der Waals surface area contributed by atoms with E-state index in [-0.39, 0.29) is 6.10 Å². The van der Waals surface area contributed by atoms with Crippen LogP contribution in [0, 0.1) is 35.0 Å². The van der Waals surface area contributed by atoms with Crippen LogP contribution in [0.4, 0.5) is 0 Å². The molecule has 0 heterocycles. The van der Waals surface area contributed by atoms with Gasteiger partial charge in [0.25, 0.3) is 0 Å². The summed E-state index contributed by atoms with van der Waals surface area (Å²) in [5.74, 6) is 3.36. The number of aliphatic hydroxyl groups excluding tert-OH is 1. The van der Waals surface area contributed by atoms with Crippen molar-refractivity contribution in [2.75, 3.05) is 0 Å². The van der Waals surface area contributed by atoms with Crippen LogP contribution in [0.3, 0.4) is 0 Å². The Bertz CT molecular complexity index is 346. The standard InChI is InChI=1S/C19H34O/c1-13(2)14(3)8-9-15(4)16-10-11-17-18(20)7-6-12-19(16,17)5/h8-9,13-18,20H,6-7,10-12H2,1-5H3/b9-8+. The molecule has 6 unspecified atom stereocenters. The molecule has 2 aliphatic carbocycles. The zero-order chi connectivity index (χ0) is 14.9. The van der Waals surface area contributed by atoms with Crippen LogP contribution in [0.15, 0.2) is 12.2 Å². The quantitative estimate of drug-likeness (QED) is 0.714. The molecule has 116 valence electrons. The van der Waals surface area contributed by atoms with Gasteiger partial charge in [-0.15, -0.1) is 0 Å². The lowest BCUT2D eigenvalue weighted by atomic mass is 9.62. The molecular weight excluding hydrogens is 244 g/mol. The van der Waals surface area contributed by atoms with Crippen LogP contribution >= 0.6 is 0 Å². The average molecular weight is 278 g/mol. The molecule has 2 fully saturated rings. The molecule has 0 aliphatic heterocycles. The first-order chi connectivity index (χ1) is 9.36. The fourth-order valence-corrected chi connectivity index (χ4v) is 4.76. The highest BCUT2D eigenvalue weighted by Gasteiger charge is 2.51. The van der Waals surface area contributed by atoms with Gasteiger partial charge in [0.05, 0.1) is 6.10 Å². The Labute approximate surface area is 125 Å². The van der Waals surface area contributed by atoms with E-state index < -0.39 is 0 Å². The lowest BCUT2D eigenvalue weighted by Gasteiger charge is -2.44. The molecule has 1 N–H and O–H groups in total. The molecule has 1 nitrogen and oxygen atoms in total. The third-order valence-electron chi connectivity index (χ3n) is 6.57. The summed E-state index contributed by atoms with van der Waals surface area (Å²) in [5, 5.41) is 10.3. The molecule has 2 rings (SSSR count). The number of aliphatic hydroxyl groups is 1. The Morgan fingerprint density at radius 1 is 1.05 bits per heavy atom. The van der Waals surface area contributed by atoms with Gasteiger partial charge in [-0.1, -0.05) is 53.2 Å². The second-order valence-electron chi connectivity index (χ2n) is 8.10. The van der Waals surface area contributed by atoms with Crippen molar-refractivity contribution < 1.29 is 5.11 Å². The smallest absolute Gasteiger partial charge is 0.0573 e. The minimum Gasteiger partial charge on any atom is -0.393 e. The Morgan fingerprint density at radius 2 is 1.75 bits per heavy atom. The molecule has 0 spiro atoms. The van der Waals surface area contributed by atoms with E-state index in [0.29, 0.717) is 23.2 Å². The van der Waals surface area contributed by atoms with Gasteiger partial charge in [-0.05, 0) is 60.7 Å². The molecule has 6 atom stereocenters. The minimum absolute atomic E-state index is 0.0375. The fourth-order valence-electron chi connectivity index (χ4n) is 4.76. The van der Waals surface area contributed by atoms with Crippen molar-refractivity contribution in [3.05, 3.63) is 12.2 Å². The molecule has 2 saturated carbocycles.